The molecule has 2 aromatic rings. The first-order valence-corrected chi connectivity index (χ1v) is 7.94. The second kappa shape index (κ2) is 6.44. The van der Waals surface area contributed by atoms with Gasteiger partial charge in [-0.3, -0.25) is 4.90 Å². The molecule has 0 amide bonds. The summed E-state index contributed by atoms with van der Waals surface area (Å²) in [5.41, 5.74) is 0. The molecular weight excluding hydrogens is 325 g/mol. The van der Waals surface area contributed by atoms with E-state index in [0.717, 1.165) is 25.3 Å². The van der Waals surface area contributed by atoms with E-state index in [1.54, 1.807) is 19.1 Å². The predicted molar refractivity (Wildman–Crippen MR) is 84.5 cm³/mol. The van der Waals surface area contributed by atoms with Crippen LogP contribution in [0.1, 0.15) is 31.2 Å². The molecule has 2 atom stereocenters. The zero-order valence-electron chi connectivity index (χ0n) is 12.4. The summed E-state index contributed by atoms with van der Waals surface area (Å²) in [5, 5.41) is 9.00. The van der Waals surface area contributed by atoms with Crippen LogP contribution in [0.2, 0.25) is 10.0 Å². The van der Waals surface area contributed by atoms with Gasteiger partial charge in [-0.05, 0) is 25.5 Å². The maximum Gasteiger partial charge on any atom is 0.233 e. The van der Waals surface area contributed by atoms with Gasteiger partial charge in [0.05, 0.1) is 16.1 Å². The highest BCUT2D eigenvalue weighted by molar-refractivity contribution is 6.42. The lowest BCUT2D eigenvalue weighted by molar-refractivity contribution is 0.170. The molecular formula is C15H17Cl2N3O2. The Bertz CT molecular complexity index is 662. The highest BCUT2D eigenvalue weighted by Crippen LogP contribution is 2.29. The number of rotatable bonds is 4. The van der Waals surface area contributed by atoms with Crippen molar-refractivity contribution in [3.05, 3.63) is 40.0 Å². The van der Waals surface area contributed by atoms with Crippen LogP contribution in [0.15, 0.2) is 22.6 Å². The number of nitrogens with zero attached hydrogens (tertiary/aromatic N) is 3. The van der Waals surface area contributed by atoms with Crippen molar-refractivity contribution in [1.29, 1.82) is 0 Å². The van der Waals surface area contributed by atoms with E-state index in [1.165, 1.54) is 0 Å². The van der Waals surface area contributed by atoms with E-state index in [1.807, 2.05) is 6.07 Å². The number of benzene rings is 1. The Labute approximate surface area is 139 Å². The minimum Gasteiger partial charge on any atom is -0.489 e. The van der Waals surface area contributed by atoms with Crippen LogP contribution in [-0.4, -0.2) is 34.3 Å². The van der Waals surface area contributed by atoms with Crippen molar-refractivity contribution in [1.82, 2.24) is 15.1 Å². The van der Waals surface area contributed by atoms with E-state index in [-0.39, 0.29) is 12.1 Å². The zero-order valence-corrected chi connectivity index (χ0v) is 13.9. The molecule has 0 bridgehead atoms. The molecule has 0 aliphatic carbocycles. The first-order chi connectivity index (χ1) is 10.5. The quantitative estimate of drug-likeness (QED) is 0.843. The first kappa shape index (κ1) is 15.6. The maximum absolute atomic E-state index is 6.01. The molecule has 7 heteroatoms. The van der Waals surface area contributed by atoms with Crippen molar-refractivity contribution in [2.45, 2.75) is 32.4 Å². The monoisotopic (exact) mass is 341 g/mol. The number of likely N-dealkylation sites (tertiary alicyclic amines) is 1. The molecule has 0 spiro atoms. The summed E-state index contributed by atoms with van der Waals surface area (Å²) < 4.78 is 11.5. The van der Waals surface area contributed by atoms with Gasteiger partial charge in [-0.15, -0.1) is 10.2 Å². The minimum absolute atomic E-state index is 0.0867. The molecule has 1 aliphatic rings. The fraction of sp³-hybridized carbons (Fsp3) is 0.467. The lowest BCUT2D eigenvalue weighted by Gasteiger charge is -2.21. The van der Waals surface area contributed by atoms with Crippen LogP contribution in [-0.2, 0) is 0 Å². The molecule has 1 aliphatic heterocycles. The van der Waals surface area contributed by atoms with E-state index in [9.17, 15) is 0 Å². The third kappa shape index (κ3) is 3.37. The van der Waals surface area contributed by atoms with E-state index in [2.05, 4.69) is 22.0 Å². The van der Waals surface area contributed by atoms with Crippen LogP contribution in [0.5, 0.6) is 5.75 Å². The topological polar surface area (TPSA) is 51.4 Å². The molecule has 0 unspecified atom stereocenters. The number of ether oxygens (including phenoxy) is 1. The number of aryl methyl sites for hydroxylation is 1. The van der Waals surface area contributed by atoms with Crippen LogP contribution in [0, 0.1) is 6.92 Å². The van der Waals surface area contributed by atoms with Gasteiger partial charge >= 0.3 is 0 Å². The zero-order chi connectivity index (χ0) is 15.7. The minimum atomic E-state index is 0.0867. The van der Waals surface area contributed by atoms with Gasteiger partial charge in [0, 0.05) is 26.1 Å². The summed E-state index contributed by atoms with van der Waals surface area (Å²) in [7, 11) is 0. The second-order valence-electron chi connectivity index (χ2n) is 5.43. The lowest BCUT2D eigenvalue weighted by atomic mass is 10.3. The van der Waals surface area contributed by atoms with Crippen LogP contribution in [0.25, 0.3) is 0 Å². The van der Waals surface area contributed by atoms with Gasteiger partial charge < -0.3 is 9.15 Å². The average molecular weight is 342 g/mol. The van der Waals surface area contributed by atoms with Crippen molar-refractivity contribution < 1.29 is 9.15 Å². The van der Waals surface area contributed by atoms with Crippen molar-refractivity contribution in [3.63, 3.8) is 0 Å². The predicted octanol–water partition coefficient (Wildman–Crippen LogP) is 3.90. The third-order valence-electron chi connectivity index (χ3n) is 3.82. The van der Waals surface area contributed by atoms with Crippen molar-refractivity contribution in [2.75, 3.05) is 13.1 Å². The standard InChI is InChI=1S/C15H17Cl2N3O2/c1-9(15-19-18-10(2)21-15)20-6-5-12(8-20)22-11-3-4-13(16)14(17)7-11/h3-4,7,9,12H,5-6,8H2,1-2H3/t9-,12+/m0/s1. The highest BCUT2D eigenvalue weighted by atomic mass is 35.5. The summed E-state index contributed by atoms with van der Waals surface area (Å²) in [4.78, 5) is 2.27. The van der Waals surface area contributed by atoms with E-state index in [0.29, 0.717) is 21.8 Å². The van der Waals surface area contributed by atoms with E-state index >= 15 is 0 Å². The van der Waals surface area contributed by atoms with Crippen molar-refractivity contribution in [3.8, 4) is 5.75 Å². The Morgan fingerprint density at radius 1 is 1.32 bits per heavy atom. The molecule has 118 valence electrons. The van der Waals surface area contributed by atoms with Gasteiger partial charge in [-0.25, -0.2) is 0 Å². The van der Waals surface area contributed by atoms with Crippen LogP contribution in [0.4, 0.5) is 0 Å². The smallest absolute Gasteiger partial charge is 0.233 e. The third-order valence-corrected chi connectivity index (χ3v) is 4.56. The maximum atomic E-state index is 6.01. The molecule has 2 heterocycles. The normalized spacial score (nSPS) is 20.3. The molecule has 5 nitrogen and oxygen atoms in total. The fourth-order valence-electron chi connectivity index (χ4n) is 2.58. The van der Waals surface area contributed by atoms with Crippen molar-refractivity contribution in [2.24, 2.45) is 0 Å². The fourth-order valence-corrected chi connectivity index (χ4v) is 2.87. The van der Waals surface area contributed by atoms with Gasteiger partial charge in [0.25, 0.3) is 0 Å². The van der Waals surface area contributed by atoms with Gasteiger partial charge in [0.1, 0.15) is 11.9 Å². The van der Waals surface area contributed by atoms with Crippen LogP contribution in [0.3, 0.4) is 0 Å². The average Bonchev–Trinajstić information content (AvgIpc) is 3.11. The molecule has 0 saturated carbocycles. The second-order valence-corrected chi connectivity index (χ2v) is 6.25. The van der Waals surface area contributed by atoms with Gasteiger partial charge in [0.2, 0.25) is 11.8 Å². The Kier molecular flexibility index (Phi) is 4.57. The number of halogens is 2. The number of hydrogen-bond donors (Lipinski definition) is 0. The molecule has 1 saturated heterocycles. The van der Waals surface area contributed by atoms with Crippen LogP contribution >= 0.6 is 23.2 Å². The Hall–Kier alpha value is -1.30. The summed E-state index contributed by atoms with van der Waals surface area (Å²) in [6.07, 6.45) is 1.06. The largest absolute Gasteiger partial charge is 0.489 e. The van der Waals surface area contributed by atoms with Crippen LogP contribution < -0.4 is 4.74 Å². The molecule has 1 aromatic heterocycles. The highest BCUT2D eigenvalue weighted by Gasteiger charge is 2.30. The molecule has 3 rings (SSSR count). The van der Waals surface area contributed by atoms with E-state index < -0.39 is 0 Å². The van der Waals surface area contributed by atoms with E-state index in [4.69, 9.17) is 32.4 Å². The molecule has 0 N–H and O–H groups in total. The summed E-state index contributed by atoms with van der Waals surface area (Å²) in [6.45, 7) is 5.59. The Morgan fingerprint density at radius 3 is 2.82 bits per heavy atom. The summed E-state index contributed by atoms with van der Waals surface area (Å²) in [5.74, 6) is 1.97. The summed E-state index contributed by atoms with van der Waals surface area (Å²) in [6, 6.07) is 5.41. The Balaban J connectivity index is 1.61. The SMILES string of the molecule is Cc1nnc([C@H](C)N2CC[C@@H](Oc3ccc(Cl)c(Cl)c3)C2)o1. The molecule has 1 fully saturated rings. The molecule has 1 aromatic carbocycles. The number of aromatic nitrogens is 2. The van der Waals surface area contributed by atoms with Gasteiger partial charge in [-0.1, -0.05) is 23.2 Å². The van der Waals surface area contributed by atoms with Gasteiger partial charge in [-0.2, -0.15) is 0 Å². The summed E-state index contributed by atoms with van der Waals surface area (Å²) >= 11 is 11.9. The first-order valence-electron chi connectivity index (χ1n) is 7.18. The van der Waals surface area contributed by atoms with Gasteiger partial charge in [0.15, 0.2) is 0 Å². The molecule has 22 heavy (non-hydrogen) atoms. The van der Waals surface area contributed by atoms with Crippen molar-refractivity contribution >= 4 is 23.2 Å². The lowest BCUT2D eigenvalue weighted by Crippen LogP contribution is -2.27. The number of hydrogen-bond acceptors (Lipinski definition) is 5. The molecule has 0 radical (unpaired) electrons. The Morgan fingerprint density at radius 2 is 2.14 bits per heavy atom.